The summed E-state index contributed by atoms with van der Waals surface area (Å²) in [4.78, 5) is 14.7. The number of rotatable bonds is 2. The lowest BCUT2D eigenvalue weighted by molar-refractivity contribution is -0.135. The molecule has 0 saturated carbocycles. The first kappa shape index (κ1) is 15.7. The molecule has 1 aliphatic heterocycles. The Kier molecular flexibility index (Phi) is 3.96. The first-order valence-electron chi connectivity index (χ1n) is 7.89. The Bertz CT molecular complexity index is 734. The zero-order valence-electron chi connectivity index (χ0n) is 13.9. The Morgan fingerprint density at radius 2 is 2.13 bits per heavy atom. The highest BCUT2D eigenvalue weighted by Crippen LogP contribution is 2.34. The number of benzene rings is 1. The summed E-state index contributed by atoms with van der Waals surface area (Å²) in [5.74, 6) is 0.517. The van der Waals surface area contributed by atoms with Crippen LogP contribution in [0.3, 0.4) is 0 Å². The topological polar surface area (TPSA) is 46.3 Å². The van der Waals surface area contributed by atoms with Crippen LogP contribution in [0.25, 0.3) is 0 Å². The van der Waals surface area contributed by atoms with Crippen LogP contribution >= 0.6 is 0 Å². The van der Waals surface area contributed by atoms with Gasteiger partial charge in [-0.3, -0.25) is 4.79 Å². The van der Waals surface area contributed by atoms with Gasteiger partial charge in [0.25, 0.3) is 0 Å². The number of carbonyl (C=O) groups excluding carboxylic acids is 1. The molecule has 3 rings (SSSR count). The van der Waals surface area contributed by atoms with E-state index in [2.05, 4.69) is 5.16 Å². The molecule has 2 heterocycles. The maximum absolute atomic E-state index is 13.4. The van der Waals surface area contributed by atoms with Crippen molar-refractivity contribution < 1.29 is 13.7 Å². The number of nitrogens with zero attached hydrogens (tertiary/aromatic N) is 2. The summed E-state index contributed by atoms with van der Waals surface area (Å²) in [5, 5.41) is 3.91. The fourth-order valence-electron chi connectivity index (χ4n) is 3.57. The fraction of sp³-hybridized carbons (Fsp3) is 0.444. The van der Waals surface area contributed by atoms with Gasteiger partial charge in [-0.1, -0.05) is 11.2 Å². The highest BCUT2D eigenvalue weighted by molar-refractivity contribution is 5.80. The van der Waals surface area contributed by atoms with Crippen LogP contribution in [-0.4, -0.2) is 22.0 Å². The Morgan fingerprint density at radius 3 is 2.78 bits per heavy atom. The van der Waals surface area contributed by atoms with Gasteiger partial charge in [0.1, 0.15) is 11.6 Å². The number of hydrogen-bond donors (Lipinski definition) is 0. The van der Waals surface area contributed by atoms with E-state index < -0.39 is 0 Å². The van der Waals surface area contributed by atoms with Crippen LogP contribution < -0.4 is 0 Å². The maximum atomic E-state index is 13.4. The van der Waals surface area contributed by atoms with Crippen molar-refractivity contribution in [1.29, 1.82) is 0 Å². The zero-order valence-corrected chi connectivity index (χ0v) is 13.9. The lowest BCUT2D eigenvalue weighted by Gasteiger charge is -2.40. The minimum atomic E-state index is -0.223. The van der Waals surface area contributed by atoms with E-state index >= 15 is 0 Å². The number of aryl methyl sites for hydroxylation is 2. The molecule has 0 N–H and O–H groups in total. The van der Waals surface area contributed by atoms with Crippen LogP contribution in [0, 0.1) is 19.7 Å². The van der Waals surface area contributed by atoms with Crippen LogP contribution in [0.15, 0.2) is 22.7 Å². The average Bonchev–Trinajstić information content (AvgIpc) is 2.78. The molecule has 4 nitrogen and oxygen atoms in total. The van der Waals surface area contributed by atoms with Crippen molar-refractivity contribution in [3.63, 3.8) is 0 Å². The van der Waals surface area contributed by atoms with Crippen molar-refractivity contribution in [2.75, 3.05) is 0 Å². The molecule has 1 aromatic carbocycles. The van der Waals surface area contributed by atoms with Crippen molar-refractivity contribution in [1.82, 2.24) is 10.1 Å². The third-order valence-corrected chi connectivity index (χ3v) is 4.76. The van der Waals surface area contributed by atoms with E-state index in [0.29, 0.717) is 12.2 Å². The van der Waals surface area contributed by atoms with Crippen LogP contribution in [0.5, 0.6) is 0 Å². The molecule has 0 spiro atoms. The minimum Gasteiger partial charge on any atom is -0.361 e. The molecule has 2 atom stereocenters. The monoisotopic (exact) mass is 316 g/mol. The summed E-state index contributed by atoms with van der Waals surface area (Å²) in [5.41, 5.74) is 3.64. The predicted molar refractivity (Wildman–Crippen MR) is 84.5 cm³/mol. The zero-order chi connectivity index (χ0) is 16.7. The molecule has 1 aromatic heterocycles. The SMILES string of the molecule is Cc1noc(C)c1CC(=O)N1C(C)Cc2cc(F)ccc2C1C. The van der Waals surface area contributed by atoms with Crippen LogP contribution in [-0.2, 0) is 17.6 Å². The van der Waals surface area contributed by atoms with Gasteiger partial charge in [-0.05, 0) is 57.4 Å². The molecule has 1 aliphatic rings. The van der Waals surface area contributed by atoms with Crippen molar-refractivity contribution in [3.05, 3.63) is 52.2 Å². The second-order valence-electron chi connectivity index (χ2n) is 6.35. The summed E-state index contributed by atoms with van der Waals surface area (Å²) in [6.07, 6.45) is 0.956. The Hall–Kier alpha value is -2.17. The molecular weight excluding hydrogens is 295 g/mol. The summed E-state index contributed by atoms with van der Waals surface area (Å²) >= 11 is 0. The van der Waals surface area contributed by atoms with Gasteiger partial charge >= 0.3 is 0 Å². The fourth-order valence-corrected chi connectivity index (χ4v) is 3.57. The van der Waals surface area contributed by atoms with Gasteiger partial charge < -0.3 is 9.42 Å². The standard InChI is InChI=1S/C18H21FN2O2/c1-10-7-14-8-15(19)5-6-16(14)12(3)21(10)18(22)9-17-11(2)20-23-13(17)4/h5-6,8,10,12H,7,9H2,1-4H3. The second kappa shape index (κ2) is 5.80. The van der Waals surface area contributed by atoms with Gasteiger partial charge in [0.2, 0.25) is 5.91 Å². The van der Waals surface area contributed by atoms with Crippen molar-refractivity contribution >= 4 is 5.91 Å². The van der Waals surface area contributed by atoms with Crippen LogP contribution in [0.4, 0.5) is 4.39 Å². The molecule has 0 radical (unpaired) electrons. The molecule has 2 unspecified atom stereocenters. The lowest BCUT2D eigenvalue weighted by atomic mass is 9.89. The molecule has 0 saturated heterocycles. The highest BCUT2D eigenvalue weighted by atomic mass is 19.1. The summed E-state index contributed by atoms with van der Waals surface area (Å²) in [7, 11) is 0. The Balaban J connectivity index is 1.88. The Labute approximate surface area is 135 Å². The van der Waals surface area contributed by atoms with Crippen molar-refractivity contribution in [3.8, 4) is 0 Å². The number of amides is 1. The predicted octanol–water partition coefficient (Wildman–Crippen LogP) is 3.51. The molecule has 5 heteroatoms. The van der Waals surface area contributed by atoms with E-state index in [1.807, 2.05) is 32.6 Å². The van der Waals surface area contributed by atoms with Crippen LogP contribution in [0.2, 0.25) is 0 Å². The van der Waals surface area contributed by atoms with Gasteiger partial charge in [0.15, 0.2) is 0 Å². The third kappa shape index (κ3) is 2.76. The number of carbonyl (C=O) groups is 1. The largest absolute Gasteiger partial charge is 0.361 e. The third-order valence-electron chi connectivity index (χ3n) is 4.76. The number of hydrogen-bond acceptors (Lipinski definition) is 3. The van der Waals surface area contributed by atoms with Crippen molar-refractivity contribution in [2.45, 2.75) is 52.6 Å². The quantitative estimate of drug-likeness (QED) is 0.852. The molecule has 0 fully saturated rings. The van der Waals surface area contributed by atoms with Gasteiger partial charge in [0.05, 0.1) is 18.2 Å². The van der Waals surface area contributed by atoms with E-state index in [1.54, 1.807) is 12.1 Å². The summed E-state index contributed by atoms with van der Waals surface area (Å²) < 4.78 is 18.6. The first-order valence-corrected chi connectivity index (χ1v) is 7.89. The molecule has 23 heavy (non-hydrogen) atoms. The molecule has 1 amide bonds. The van der Waals surface area contributed by atoms with Crippen LogP contribution in [0.1, 0.15) is 48.0 Å². The van der Waals surface area contributed by atoms with E-state index in [0.717, 1.165) is 22.4 Å². The Morgan fingerprint density at radius 1 is 1.39 bits per heavy atom. The molecule has 2 aromatic rings. The van der Waals surface area contributed by atoms with Gasteiger partial charge in [-0.15, -0.1) is 0 Å². The smallest absolute Gasteiger partial charge is 0.227 e. The van der Waals surface area contributed by atoms with Crippen molar-refractivity contribution in [2.24, 2.45) is 0 Å². The van der Waals surface area contributed by atoms with E-state index in [1.165, 1.54) is 6.07 Å². The molecular formula is C18H21FN2O2. The molecule has 0 aliphatic carbocycles. The summed E-state index contributed by atoms with van der Waals surface area (Å²) in [6.45, 7) is 7.68. The summed E-state index contributed by atoms with van der Waals surface area (Å²) in [6, 6.07) is 4.80. The van der Waals surface area contributed by atoms with Gasteiger partial charge in [-0.25, -0.2) is 4.39 Å². The number of halogens is 1. The van der Waals surface area contributed by atoms with E-state index in [9.17, 15) is 9.18 Å². The lowest BCUT2D eigenvalue weighted by Crippen LogP contribution is -2.45. The average molecular weight is 316 g/mol. The highest BCUT2D eigenvalue weighted by Gasteiger charge is 2.33. The first-order chi connectivity index (χ1) is 10.9. The number of fused-ring (bicyclic) bond motifs is 1. The maximum Gasteiger partial charge on any atom is 0.227 e. The molecule has 0 bridgehead atoms. The van der Waals surface area contributed by atoms with Gasteiger partial charge in [0, 0.05) is 11.6 Å². The minimum absolute atomic E-state index is 0.0345. The van der Waals surface area contributed by atoms with E-state index in [-0.39, 0.29) is 30.2 Å². The van der Waals surface area contributed by atoms with Gasteiger partial charge in [-0.2, -0.15) is 0 Å². The normalized spacial score (nSPS) is 20.5. The second-order valence-corrected chi connectivity index (χ2v) is 6.35. The van der Waals surface area contributed by atoms with E-state index in [4.69, 9.17) is 4.52 Å². The molecule has 122 valence electrons. The number of aromatic nitrogens is 1.